The predicted octanol–water partition coefficient (Wildman–Crippen LogP) is 4.19. The summed E-state index contributed by atoms with van der Waals surface area (Å²) in [5.41, 5.74) is 0.0491. The molecular formula is C19H9F3N2O3S. The first kappa shape index (κ1) is 18.1. The van der Waals surface area contributed by atoms with Crippen molar-refractivity contribution in [2.24, 2.45) is 0 Å². The number of benzene rings is 2. The second kappa shape index (κ2) is 6.38. The van der Waals surface area contributed by atoms with Crippen LogP contribution >= 0.6 is 11.3 Å². The van der Waals surface area contributed by atoms with Crippen molar-refractivity contribution >= 4 is 34.5 Å². The minimum absolute atomic E-state index is 0.0307. The molecule has 1 aromatic heterocycles. The number of hydrogen-bond donors (Lipinski definition) is 1. The van der Waals surface area contributed by atoms with E-state index in [0.29, 0.717) is 11.3 Å². The van der Waals surface area contributed by atoms with Crippen LogP contribution in [0.25, 0.3) is 0 Å². The fourth-order valence-electron chi connectivity index (χ4n) is 3.04. The van der Waals surface area contributed by atoms with Gasteiger partial charge in [0.15, 0.2) is 17.3 Å². The Hall–Kier alpha value is -3.33. The molecule has 1 aliphatic rings. The van der Waals surface area contributed by atoms with Crippen LogP contribution in [0.1, 0.15) is 47.2 Å². The van der Waals surface area contributed by atoms with Gasteiger partial charge in [-0.2, -0.15) is 13.2 Å². The van der Waals surface area contributed by atoms with Crippen molar-refractivity contribution < 1.29 is 27.6 Å². The van der Waals surface area contributed by atoms with Crippen LogP contribution in [-0.2, 0) is 6.18 Å². The van der Waals surface area contributed by atoms with Crippen molar-refractivity contribution in [1.29, 1.82) is 0 Å². The second-order valence-electron chi connectivity index (χ2n) is 5.91. The zero-order valence-corrected chi connectivity index (χ0v) is 14.6. The van der Waals surface area contributed by atoms with Crippen LogP contribution in [0.2, 0.25) is 0 Å². The standard InChI is InChI=1S/C19H9F3N2O3S/c20-19(21,22)17-16(28-8-23-17)18(27)24-12-7-3-6-11-13(12)15(26)10-5-2-1-4-9(10)14(11)25/h1-8H,(H,24,27). The summed E-state index contributed by atoms with van der Waals surface area (Å²) >= 11 is 0.536. The van der Waals surface area contributed by atoms with E-state index in [1.54, 1.807) is 12.1 Å². The zero-order chi connectivity index (χ0) is 20.1. The molecule has 0 unspecified atom stereocenters. The summed E-state index contributed by atoms with van der Waals surface area (Å²) in [6.07, 6.45) is -4.78. The Labute approximate surface area is 159 Å². The maximum Gasteiger partial charge on any atom is 0.434 e. The number of thiazole rings is 1. The molecule has 140 valence electrons. The summed E-state index contributed by atoms with van der Waals surface area (Å²) in [5, 5.41) is 2.33. The highest BCUT2D eigenvalue weighted by molar-refractivity contribution is 7.12. The number of alkyl halides is 3. The first-order chi connectivity index (χ1) is 13.3. The Morgan fingerprint density at radius 2 is 1.57 bits per heavy atom. The summed E-state index contributed by atoms with van der Waals surface area (Å²) in [6.45, 7) is 0. The Morgan fingerprint density at radius 3 is 2.25 bits per heavy atom. The fourth-order valence-corrected chi connectivity index (χ4v) is 3.74. The molecule has 1 aliphatic carbocycles. The molecule has 0 saturated carbocycles. The highest BCUT2D eigenvalue weighted by Gasteiger charge is 2.39. The lowest BCUT2D eigenvalue weighted by molar-refractivity contribution is -0.141. The van der Waals surface area contributed by atoms with E-state index in [0.717, 1.165) is 5.51 Å². The zero-order valence-electron chi connectivity index (χ0n) is 13.8. The van der Waals surface area contributed by atoms with Crippen LogP contribution in [-0.4, -0.2) is 22.5 Å². The van der Waals surface area contributed by atoms with Gasteiger partial charge in [0.2, 0.25) is 0 Å². The van der Waals surface area contributed by atoms with Gasteiger partial charge < -0.3 is 5.32 Å². The van der Waals surface area contributed by atoms with Crippen molar-refractivity contribution in [2.45, 2.75) is 6.18 Å². The summed E-state index contributed by atoms with van der Waals surface area (Å²) in [6, 6.07) is 10.5. The van der Waals surface area contributed by atoms with Crippen LogP contribution in [0.5, 0.6) is 0 Å². The van der Waals surface area contributed by atoms with Gasteiger partial charge in [-0.3, -0.25) is 14.4 Å². The second-order valence-corrected chi connectivity index (χ2v) is 6.77. The first-order valence-corrected chi connectivity index (χ1v) is 8.80. The van der Waals surface area contributed by atoms with E-state index in [2.05, 4.69) is 10.3 Å². The molecule has 3 aromatic rings. The van der Waals surface area contributed by atoms with E-state index in [9.17, 15) is 27.6 Å². The number of nitrogens with zero attached hydrogens (tertiary/aromatic N) is 1. The largest absolute Gasteiger partial charge is 0.434 e. The number of amides is 1. The molecule has 5 nitrogen and oxygen atoms in total. The number of nitrogens with one attached hydrogen (secondary N) is 1. The normalized spacial score (nSPS) is 13.1. The van der Waals surface area contributed by atoms with Gasteiger partial charge in [0.05, 0.1) is 16.8 Å². The van der Waals surface area contributed by atoms with Crippen LogP contribution in [0.15, 0.2) is 48.0 Å². The van der Waals surface area contributed by atoms with Crippen LogP contribution in [0.4, 0.5) is 18.9 Å². The van der Waals surface area contributed by atoms with Crippen molar-refractivity contribution in [2.75, 3.05) is 5.32 Å². The number of carbonyl (C=O) groups excluding carboxylic acids is 3. The minimum atomic E-state index is -4.78. The van der Waals surface area contributed by atoms with Gasteiger partial charge >= 0.3 is 6.18 Å². The predicted molar refractivity (Wildman–Crippen MR) is 94.8 cm³/mol. The van der Waals surface area contributed by atoms with Crippen LogP contribution in [0, 0.1) is 0 Å². The van der Waals surface area contributed by atoms with Crippen molar-refractivity contribution in [3.63, 3.8) is 0 Å². The quantitative estimate of drug-likeness (QED) is 0.546. The Bertz CT molecular complexity index is 1150. The first-order valence-electron chi connectivity index (χ1n) is 7.92. The van der Waals surface area contributed by atoms with E-state index < -0.39 is 34.2 Å². The van der Waals surface area contributed by atoms with Gasteiger partial charge in [-0.1, -0.05) is 36.4 Å². The van der Waals surface area contributed by atoms with E-state index in [1.165, 1.54) is 30.3 Å². The summed E-state index contributed by atoms with van der Waals surface area (Å²) < 4.78 is 39.0. The number of anilines is 1. The SMILES string of the molecule is O=C1c2ccccc2C(=O)c2c(NC(=O)c3scnc3C(F)(F)F)cccc21. The molecule has 0 fully saturated rings. The number of carbonyl (C=O) groups is 3. The summed E-state index contributed by atoms with van der Waals surface area (Å²) in [4.78, 5) is 40.6. The summed E-state index contributed by atoms with van der Waals surface area (Å²) in [5.74, 6) is -1.93. The average Bonchev–Trinajstić information content (AvgIpc) is 3.16. The maximum absolute atomic E-state index is 13.0. The third-order valence-electron chi connectivity index (χ3n) is 4.24. The van der Waals surface area contributed by atoms with Crippen molar-refractivity contribution in [3.8, 4) is 0 Å². The third-order valence-corrected chi connectivity index (χ3v) is 5.07. The summed E-state index contributed by atoms with van der Waals surface area (Å²) in [7, 11) is 0. The minimum Gasteiger partial charge on any atom is -0.321 e. The monoisotopic (exact) mass is 402 g/mol. The molecule has 0 atom stereocenters. The Kier molecular flexibility index (Phi) is 4.11. The fraction of sp³-hybridized carbons (Fsp3) is 0.0526. The topological polar surface area (TPSA) is 76.1 Å². The molecule has 0 aliphatic heterocycles. The number of fused-ring (bicyclic) bond motifs is 2. The van der Waals surface area contributed by atoms with E-state index >= 15 is 0 Å². The molecule has 9 heteroatoms. The lowest BCUT2D eigenvalue weighted by atomic mass is 9.83. The smallest absolute Gasteiger partial charge is 0.321 e. The highest BCUT2D eigenvalue weighted by Crippen LogP contribution is 2.35. The van der Waals surface area contributed by atoms with E-state index in [-0.39, 0.29) is 27.9 Å². The van der Waals surface area contributed by atoms with Gasteiger partial charge in [0.25, 0.3) is 5.91 Å². The third kappa shape index (κ3) is 2.80. The lowest BCUT2D eigenvalue weighted by Crippen LogP contribution is -2.24. The van der Waals surface area contributed by atoms with Crippen molar-refractivity contribution in [3.05, 3.63) is 80.8 Å². The lowest BCUT2D eigenvalue weighted by Gasteiger charge is -2.20. The molecule has 1 heterocycles. The van der Waals surface area contributed by atoms with E-state index in [1.807, 2.05) is 0 Å². The molecule has 0 spiro atoms. The van der Waals surface area contributed by atoms with Gasteiger partial charge in [-0.25, -0.2) is 4.98 Å². The Balaban J connectivity index is 1.76. The maximum atomic E-state index is 13.0. The Morgan fingerprint density at radius 1 is 0.929 bits per heavy atom. The molecule has 1 N–H and O–H groups in total. The molecular weight excluding hydrogens is 393 g/mol. The molecule has 4 rings (SSSR count). The van der Waals surface area contributed by atoms with Crippen LogP contribution in [0.3, 0.4) is 0 Å². The molecule has 0 bridgehead atoms. The van der Waals surface area contributed by atoms with Gasteiger partial charge in [-0.05, 0) is 6.07 Å². The molecule has 2 aromatic carbocycles. The number of ketones is 2. The van der Waals surface area contributed by atoms with Gasteiger partial charge in [-0.15, -0.1) is 11.3 Å². The van der Waals surface area contributed by atoms with Gasteiger partial charge in [0, 0.05) is 16.7 Å². The number of rotatable bonds is 2. The number of hydrogen-bond acceptors (Lipinski definition) is 5. The number of aromatic nitrogens is 1. The molecule has 1 amide bonds. The van der Waals surface area contributed by atoms with E-state index in [4.69, 9.17) is 0 Å². The van der Waals surface area contributed by atoms with Crippen molar-refractivity contribution in [1.82, 2.24) is 4.98 Å². The molecule has 28 heavy (non-hydrogen) atoms. The number of halogens is 3. The van der Waals surface area contributed by atoms with Crippen LogP contribution < -0.4 is 5.32 Å². The molecule has 0 saturated heterocycles. The van der Waals surface area contributed by atoms with Gasteiger partial charge in [0.1, 0.15) is 4.88 Å². The highest BCUT2D eigenvalue weighted by atomic mass is 32.1. The average molecular weight is 402 g/mol. The molecule has 0 radical (unpaired) electrons.